The van der Waals surface area contributed by atoms with Crippen molar-refractivity contribution in [1.82, 2.24) is 0 Å². The largest absolute Gasteiger partial charge is 0.271 e. The van der Waals surface area contributed by atoms with Gasteiger partial charge >= 0.3 is 0 Å². The Bertz CT molecular complexity index is 72.5. The zero-order chi connectivity index (χ0) is 3.54. The summed E-state index contributed by atoms with van der Waals surface area (Å²) >= 11 is 0. The molecule has 8 heavy (non-hydrogen) atoms. The molecule has 1 rings (SSSR count). The molecule has 0 saturated heterocycles. The first-order valence-corrected chi connectivity index (χ1v) is 2.57. The van der Waals surface area contributed by atoms with Crippen LogP contribution in [0.4, 0.5) is 0 Å². The molecule has 1 heterocycles. The molecule has 1 aromatic rings. The van der Waals surface area contributed by atoms with E-state index < -0.39 is 0 Å². The Kier molecular flexibility index (Phi) is 22.8. The zero-order valence-electron chi connectivity index (χ0n) is 3.76. The fourth-order valence-corrected chi connectivity index (χ4v) is 0.722. The standard InChI is InChI=1S/C4H4P.Co.Ni.Re/c1-2-4-5-3-1;;;/h1-3,5H;;;/q-1;;;. The van der Waals surface area contributed by atoms with Crippen LogP contribution in [0.5, 0.6) is 0 Å². The molecular formula is C4H4CoNiPRe-. The van der Waals surface area contributed by atoms with E-state index in [0.29, 0.717) is 0 Å². The van der Waals surface area contributed by atoms with E-state index in [1.54, 1.807) is 0 Å². The minimum atomic E-state index is 0. The first-order valence-electron chi connectivity index (χ1n) is 1.49. The van der Waals surface area contributed by atoms with Gasteiger partial charge in [-0.15, -0.1) is 0 Å². The molecule has 0 N–H and O–H groups in total. The molecule has 0 bridgehead atoms. The molecule has 0 aliphatic carbocycles. The van der Waals surface area contributed by atoms with E-state index in [2.05, 4.69) is 11.6 Å². The van der Waals surface area contributed by atoms with Crippen LogP contribution in [0, 0.1) is 5.80 Å². The quantitative estimate of drug-likeness (QED) is 0.468. The van der Waals surface area contributed by atoms with Crippen molar-refractivity contribution in [3.63, 3.8) is 0 Å². The summed E-state index contributed by atoms with van der Waals surface area (Å²) in [5.74, 6) is 5.11. The summed E-state index contributed by atoms with van der Waals surface area (Å²) in [4.78, 5) is 0. The molecule has 1 unspecified atom stereocenters. The Balaban J connectivity index is -0.0000000833. The maximum atomic E-state index is 3.01. The van der Waals surface area contributed by atoms with E-state index in [9.17, 15) is 0 Å². The van der Waals surface area contributed by atoms with Gasteiger partial charge in [-0.2, -0.15) is 17.7 Å². The molecule has 0 fully saturated rings. The van der Waals surface area contributed by atoms with Gasteiger partial charge in [0.2, 0.25) is 0 Å². The number of rotatable bonds is 0. The Labute approximate surface area is 85.1 Å². The van der Waals surface area contributed by atoms with E-state index in [4.69, 9.17) is 0 Å². The van der Waals surface area contributed by atoms with Crippen LogP contribution in [-0.2, 0) is 53.7 Å². The van der Waals surface area contributed by atoms with Crippen molar-refractivity contribution in [3.05, 3.63) is 23.7 Å². The summed E-state index contributed by atoms with van der Waals surface area (Å²) in [6.45, 7) is 0. The SMILES string of the molecule is [Co].[Ni].[Re].[c-]1ccc[pH]1. The second-order valence-corrected chi connectivity index (χ2v) is 1.73. The molecule has 1 aromatic heterocycles. The normalized spacial score (nSPS) is 6.00. The molecule has 0 amide bonds. The monoisotopic (exact) mass is 387 g/mol. The average Bonchev–Trinajstić information content (AvgIpc) is 1.76. The fourth-order valence-electron chi connectivity index (χ4n) is 0.241. The average molecular weight is 387 g/mol. The van der Waals surface area contributed by atoms with Crippen LogP contribution in [0.2, 0.25) is 0 Å². The Morgan fingerprint density at radius 1 is 1.38 bits per heavy atom. The summed E-state index contributed by atoms with van der Waals surface area (Å²) < 4.78 is 0. The maximum Gasteiger partial charge on any atom is 0 e. The molecule has 4 heteroatoms. The van der Waals surface area contributed by atoms with Crippen LogP contribution < -0.4 is 0 Å². The van der Waals surface area contributed by atoms with Gasteiger partial charge in [0, 0.05) is 53.7 Å². The first kappa shape index (κ1) is 16.2. The van der Waals surface area contributed by atoms with Crippen molar-refractivity contribution < 1.29 is 53.7 Å². The van der Waals surface area contributed by atoms with E-state index in [-0.39, 0.29) is 53.7 Å². The third kappa shape index (κ3) is 7.44. The van der Waals surface area contributed by atoms with Crippen LogP contribution in [-0.4, -0.2) is 0 Å². The maximum absolute atomic E-state index is 3.01. The summed E-state index contributed by atoms with van der Waals surface area (Å²) in [5.41, 5.74) is 0. The third-order valence-electron chi connectivity index (χ3n) is 0.442. The number of hydrogen-bond donors (Lipinski definition) is 0. The summed E-state index contributed by atoms with van der Waals surface area (Å²) in [6, 6.07) is 3.96. The van der Waals surface area contributed by atoms with Crippen LogP contribution >= 0.6 is 8.19 Å². The van der Waals surface area contributed by atoms with Crippen LogP contribution in [0.1, 0.15) is 0 Å². The van der Waals surface area contributed by atoms with Gasteiger partial charge in [0.15, 0.2) is 0 Å². The van der Waals surface area contributed by atoms with Gasteiger partial charge in [-0.05, 0) is 0 Å². The zero-order valence-corrected chi connectivity index (χ0v) is 9.50. The Morgan fingerprint density at radius 3 is 2.12 bits per heavy atom. The molecule has 2 radical (unpaired) electrons. The smallest absolute Gasteiger partial charge is 0 e. The minimum absolute atomic E-state index is 0. The summed E-state index contributed by atoms with van der Waals surface area (Å²) in [7, 11) is 0.823. The molecule has 1 atom stereocenters. The van der Waals surface area contributed by atoms with Crippen molar-refractivity contribution in [1.29, 1.82) is 0 Å². The molecule has 52 valence electrons. The third-order valence-corrected chi connectivity index (χ3v) is 1.13. The van der Waals surface area contributed by atoms with Crippen LogP contribution in [0.25, 0.3) is 0 Å². The van der Waals surface area contributed by atoms with Crippen molar-refractivity contribution >= 4 is 8.19 Å². The van der Waals surface area contributed by atoms with Gasteiger partial charge < -0.3 is 0 Å². The van der Waals surface area contributed by atoms with Crippen LogP contribution in [0.3, 0.4) is 0 Å². The predicted molar refractivity (Wildman–Crippen MR) is 24.8 cm³/mol. The molecule has 0 spiro atoms. The Hall–Kier alpha value is 1.44. The van der Waals surface area contributed by atoms with Crippen molar-refractivity contribution in [2.24, 2.45) is 0 Å². The fraction of sp³-hybridized carbons (Fsp3) is 0. The van der Waals surface area contributed by atoms with Gasteiger partial charge in [-0.3, -0.25) is 8.19 Å². The molecule has 0 nitrogen and oxygen atoms in total. The van der Waals surface area contributed by atoms with Gasteiger partial charge in [0.05, 0.1) is 0 Å². The summed E-state index contributed by atoms with van der Waals surface area (Å²) in [6.07, 6.45) is 0. The molecule has 0 aliphatic rings. The topological polar surface area (TPSA) is 0 Å². The van der Waals surface area contributed by atoms with Gasteiger partial charge in [0.1, 0.15) is 0 Å². The first-order chi connectivity index (χ1) is 2.50. The molecule has 0 saturated carbocycles. The van der Waals surface area contributed by atoms with Gasteiger partial charge in [0.25, 0.3) is 0 Å². The van der Waals surface area contributed by atoms with Crippen molar-refractivity contribution in [2.45, 2.75) is 0 Å². The predicted octanol–water partition coefficient (Wildman–Crippen LogP) is 1.51. The second-order valence-electron chi connectivity index (χ2n) is 0.814. The minimum Gasteiger partial charge on any atom is -0.271 e. The van der Waals surface area contributed by atoms with Gasteiger partial charge in [-0.1, -0.05) is 0 Å². The van der Waals surface area contributed by atoms with Crippen LogP contribution in [0.15, 0.2) is 17.9 Å². The Morgan fingerprint density at radius 2 is 2.00 bits per heavy atom. The van der Waals surface area contributed by atoms with E-state index in [1.807, 2.05) is 12.1 Å². The van der Waals surface area contributed by atoms with E-state index >= 15 is 0 Å². The van der Waals surface area contributed by atoms with E-state index in [0.717, 1.165) is 8.19 Å². The van der Waals surface area contributed by atoms with Gasteiger partial charge in [-0.25, -0.2) is 6.07 Å². The summed E-state index contributed by atoms with van der Waals surface area (Å²) in [5, 5.41) is 0. The molecule has 0 aromatic carbocycles. The molecular weight excluding hydrogens is 383 g/mol. The second kappa shape index (κ2) is 11.3. The van der Waals surface area contributed by atoms with E-state index in [1.165, 1.54) is 0 Å². The number of hydrogen-bond acceptors (Lipinski definition) is 0. The van der Waals surface area contributed by atoms with Crippen molar-refractivity contribution in [2.75, 3.05) is 0 Å². The van der Waals surface area contributed by atoms with Crippen molar-refractivity contribution in [3.8, 4) is 0 Å². The molecule has 0 aliphatic heterocycles.